The van der Waals surface area contributed by atoms with E-state index >= 15 is 0 Å². The van der Waals surface area contributed by atoms with Crippen LogP contribution in [-0.4, -0.2) is 29.3 Å². The van der Waals surface area contributed by atoms with Gasteiger partial charge in [0, 0.05) is 24.9 Å². The summed E-state index contributed by atoms with van der Waals surface area (Å²) in [5.41, 5.74) is 7.42. The van der Waals surface area contributed by atoms with Crippen molar-refractivity contribution in [1.29, 1.82) is 0 Å². The highest BCUT2D eigenvalue weighted by Gasteiger charge is 2.41. The maximum atomic E-state index is 12.0. The van der Waals surface area contributed by atoms with E-state index in [2.05, 4.69) is 10.3 Å². The lowest BCUT2D eigenvalue weighted by Gasteiger charge is -2.25. The van der Waals surface area contributed by atoms with Gasteiger partial charge in [0.25, 0.3) is 5.70 Å². The summed E-state index contributed by atoms with van der Waals surface area (Å²) in [7, 11) is 1.75. The first-order chi connectivity index (χ1) is 11.3. The van der Waals surface area contributed by atoms with Gasteiger partial charge < -0.3 is 15.8 Å². The van der Waals surface area contributed by atoms with E-state index in [9.17, 15) is 14.9 Å². The van der Waals surface area contributed by atoms with Crippen molar-refractivity contribution in [2.75, 3.05) is 12.4 Å². The van der Waals surface area contributed by atoms with Crippen molar-refractivity contribution in [2.45, 2.75) is 38.1 Å². The van der Waals surface area contributed by atoms with Crippen molar-refractivity contribution in [1.82, 2.24) is 4.98 Å². The minimum atomic E-state index is -0.762. The molecule has 1 heterocycles. The Bertz CT molecular complexity index is 724. The third-order valence-electron chi connectivity index (χ3n) is 4.44. The van der Waals surface area contributed by atoms with Crippen molar-refractivity contribution in [3.8, 4) is 0 Å². The molecule has 24 heavy (non-hydrogen) atoms. The second-order valence-electron chi connectivity index (χ2n) is 6.20. The molecule has 1 aliphatic carbocycles. The smallest absolute Gasteiger partial charge is 0.262 e. The minimum absolute atomic E-state index is 0.0499. The number of pyridine rings is 1. The highest BCUT2D eigenvalue weighted by atomic mass is 16.6. The number of aromatic nitrogens is 1. The van der Waals surface area contributed by atoms with Crippen LogP contribution < -0.4 is 11.1 Å². The van der Waals surface area contributed by atoms with Gasteiger partial charge in [-0.25, -0.2) is 4.98 Å². The Morgan fingerprint density at radius 1 is 1.54 bits per heavy atom. The molecule has 2 atom stereocenters. The zero-order valence-electron chi connectivity index (χ0n) is 14.1. The maximum Gasteiger partial charge on any atom is 0.262 e. The van der Waals surface area contributed by atoms with E-state index in [1.807, 2.05) is 13.0 Å². The third-order valence-corrected chi connectivity index (χ3v) is 4.44. The van der Waals surface area contributed by atoms with Crippen LogP contribution in [0.3, 0.4) is 0 Å². The number of aldehydes is 1. The molecule has 2 rings (SSSR count). The molecule has 0 saturated carbocycles. The zero-order valence-corrected chi connectivity index (χ0v) is 14.1. The number of nitrogens with two attached hydrogens (primary N) is 1. The van der Waals surface area contributed by atoms with Crippen LogP contribution in [0.5, 0.6) is 0 Å². The molecule has 0 bridgehead atoms. The van der Waals surface area contributed by atoms with Gasteiger partial charge in [-0.1, -0.05) is 11.6 Å². The topological polar surface area (TPSA) is 111 Å². The normalized spacial score (nSPS) is 22.4. The molecule has 0 amide bonds. The van der Waals surface area contributed by atoms with Crippen LogP contribution in [0.2, 0.25) is 0 Å². The van der Waals surface area contributed by atoms with Gasteiger partial charge in [-0.2, -0.15) is 0 Å². The second-order valence-corrected chi connectivity index (χ2v) is 6.20. The number of carbonyl (C=O) groups is 1. The lowest BCUT2D eigenvalue weighted by Crippen LogP contribution is -2.27. The summed E-state index contributed by atoms with van der Waals surface area (Å²) in [4.78, 5) is 27.0. The zero-order chi connectivity index (χ0) is 17.9. The predicted octanol–water partition coefficient (Wildman–Crippen LogP) is 2.18. The number of hydrogen-bond acceptors (Lipinski definition) is 6. The van der Waals surface area contributed by atoms with Crippen LogP contribution >= 0.6 is 0 Å². The van der Waals surface area contributed by atoms with E-state index in [4.69, 9.17) is 5.73 Å². The highest BCUT2D eigenvalue weighted by Crippen LogP contribution is 2.45. The van der Waals surface area contributed by atoms with Crippen LogP contribution in [-0.2, 0) is 10.2 Å². The molecular weight excluding hydrogens is 308 g/mol. The monoisotopic (exact) mass is 330 g/mol. The van der Waals surface area contributed by atoms with E-state index in [0.717, 1.165) is 23.0 Å². The third kappa shape index (κ3) is 3.21. The molecule has 0 radical (unpaired) electrons. The SMILES string of the molecule is CNc1ncccc1C1(C=O)CC(C)=C(/C=C(\C(C)N)[N+](=O)[O-])C1. The molecule has 0 fully saturated rings. The Kier molecular flexibility index (Phi) is 5.14. The van der Waals surface area contributed by atoms with Crippen molar-refractivity contribution in [3.63, 3.8) is 0 Å². The molecule has 7 nitrogen and oxygen atoms in total. The maximum absolute atomic E-state index is 12.0. The number of anilines is 1. The Balaban J connectivity index is 2.45. The number of allylic oxidation sites excluding steroid dienone is 3. The quantitative estimate of drug-likeness (QED) is 0.470. The molecule has 0 saturated heterocycles. The predicted molar refractivity (Wildman–Crippen MR) is 92.2 cm³/mol. The fourth-order valence-corrected chi connectivity index (χ4v) is 3.19. The molecule has 0 aromatic carbocycles. The van der Waals surface area contributed by atoms with Gasteiger partial charge in [0.05, 0.1) is 16.4 Å². The summed E-state index contributed by atoms with van der Waals surface area (Å²) in [6, 6.07) is 2.97. The van der Waals surface area contributed by atoms with Crippen molar-refractivity contribution in [3.05, 3.63) is 56.9 Å². The van der Waals surface area contributed by atoms with Crippen molar-refractivity contribution < 1.29 is 9.72 Å². The van der Waals surface area contributed by atoms with Crippen LogP contribution in [0.4, 0.5) is 5.82 Å². The van der Waals surface area contributed by atoms with Gasteiger partial charge in [-0.3, -0.25) is 10.1 Å². The number of nitro groups is 1. The molecular formula is C17H22N4O3. The summed E-state index contributed by atoms with van der Waals surface area (Å²) >= 11 is 0. The standard InChI is InChI=1S/C17H22N4O3/c1-11-8-17(10-22,14-5-4-6-20-16(14)19-3)9-13(11)7-15(12(2)18)21(23)24/h4-7,10,12H,8-9,18H2,1-3H3,(H,19,20)/b15-7+. The Labute approximate surface area is 140 Å². The fraction of sp³-hybridized carbons (Fsp3) is 0.412. The van der Waals surface area contributed by atoms with E-state index in [-0.39, 0.29) is 5.70 Å². The molecule has 0 aliphatic heterocycles. The summed E-state index contributed by atoms with van der Waals surface area (Å²) in [6.45, 7) is 3.47. The van der Waals surface area contributed by atoms with Gasteiger partial charge in [0.15, 0.2) is 0 Å². The Hall–Kier alpha value is -2.54. The minimum Gasteiger partial charge on any atom is -0.373 e. The van der Waals surface area contributed by atoms with Crippen LogP contribution in [0.1, 0.15) is 32.3 Å². The molecule has 1 aromatic rings. The van der Waals surface area contributed by atoms with Gasteiger partial charge >= 0.3 is 0 Å². The van der Waals surface area contributed by atoms with E-state index in [1.165, 1.54) is 6.08 Å². The summed E-state index contributed by atoms with van der Waals surface area (Å²) in [5, 5.41) is 14.2. The first kappa shape index (κ1) is 17.8. The largest absolute Gasteiger partial charge is 0.373 e. The van der Waals surface area contributed by atoms with Gasteiger partial charge in [0.2, 0.25) is 0 Å². The molecule has 1 aromatic heterocycles. The van der Waals surface area contributed by atoms with Crippen LogP contribution in [0, 0.1) is 10.1 Å². The molecule has 3 N–H and O–H groups in total. The summed E-state index contributed by atoms with van der Waals surface area (Å²) in [6.07, 6.45) is 5.00. The first-order valence-corrected chi connectivity index (χ1v) is 7.74. The number of rotatable bonds is 6. The average Bonchev–Trinajstić information content (AvgIpc) is 2.89. The molecule has 128 valence electrons. The van der Waals surface area contributed by atoms with Crippen LogP contribution in [0.25, 0.3) is 0 Å². The number of nitrogens with zero attached hydrogens (tertiary/aromatic N) is 2. The summed E-state index contributed by atoms with van der Waals surface area (Å²) < 4.78 is 0. The molecule has 1 aliphatic rings. The Morgan fingerprint density at radius 2 is 2.25 bits per heavy atom. The van der Waals surface area contributed by atoms with E-state index in [1.54, 1.807) is 26.2 Å². The number of hydrogen-bond donors (Lipinski definition) is 2. The first-order valence-electron chi connectivity index (χ1n) is 7.74. The van der Waals surface area contributed by atoms with Gasteiger partial charge in [-0.05, 0) is 38.3 Å². The Morgan fingerprint density at radius 3 is 2.79 bits per heavy atom. The lowest BCUT2D eigenvalue weighted by atomic mass is 9.78. The number of carbonyl (C=O) groups excluding carboxylic acids is 1. The molecule has 2 unspecified atom stereocenters. The van der Waals surface area contributed by atoms with Gasteiger partial charge in [-0.15, -0.1) is 0 Å². The van der Waals surface area contributed by atoms with Crippen LogP contribution in [0.15, 0.2) is 41.2 Å². The summed E-state index contributed by atoms with van der Waals surface area (Å²) in [5.74, 6) is 0.643. The van der Waals surface area contributed by atoms with E-state index < -0.39 is 16.4 Å². The average molecular weight is 330 g/mol. The highest BCUT2D eigenvalue weighted by molar-refractivity contribution is 5.75. The fourth-order valence-electron chi connectivity index (χ4n) is 3.19. The lowest BCUT2D eigenvalue weighted by molar-refractivity contribution is -0.429. The van der Waals surface area contributed by atoms with Crippen molar-refractivity contribution >= 4 is 12.1 Å². The van der Waals surface area contributed by atoms with E-state index in [0.29, 0.717) is 18.7 Å². The van der Waals surface area contributed by atoms with Crippen molar-refractivity contribution in [2.24, 2.45) is 5.73 Å². The second kappa shape index (κ2) is 6.92. The molecule has 0 spiro atoms. The van der Waals surface area contributed by atoms with Gasteiger partial charge in [0.1, 0.15) is 12.1 Å². The molecule has 7 heteroatoms. The number of nitrogens with one attached hydrogen (secondary N) is 1.